The number of nitrogens with one attached hydrogen (secondary N) is 1. The van der Waals surface area contributed by atoms with Gasteiger partial charge >= 0.3 is 0 Å². The van der Waals surface area contributed by atoms with Gasteiger partial charge in [0.25, 0.3) is 0 Å². The lowest BCUT2D eigenvalue weighted by Crippen LogP contribution is -2.10. The second kappa shape index (κ2) is 6.43. The molecule has 0 fully saturated rings. The molecule has 0 aliphatic carbocycles. The van der Waals surface area contributed by atoms with E-state index in [9.17, 15) is 0 Å². The first-order valence-corrected chi connectivity index (χ1v) is 7.21. The van der Waals surface area contributed by atoms with Gasteiger partial charge in [0, 0.05) is 21.7 Å². The molecule has 1 aromatic carbocycles. The molecule has 0 bridgehead atoms. The average molecular weight is 315 g/mol. The predicted molar refractivity (Wildman–Crippen MR) is 80.6 cm³/mol. The van der Waals surface area contributed by atoms with Gasteiger partial charge in [0.05, 0.1) is 10.8 Å². The van der Waals surface area contributed by atoms with Crippen molar-refractivity contribution >= 4 is 40.8 Å². The molecule has 0 atom stereocenters. The Balaban J connectivity index is 2.14. The standard InChI is InChI=1S/C12H12Cl2N4S/c1-7-4-11(18-15)17-12(16-7)6-19-10-5-8(13)2-3-9(10)14/h2-5H,6,15H2,1H3,(H,16,17,18). The van der Waals surface area contributed by atoms with Crippen molar-refractivity contribution in [2.24, 2.45) is 5.84 Å². The first-order chi connectivity index (χ1) is 9.08. The van der Waals surface area contributed by atoms with Crippen LogP contribution in [0.5, 0.6) is 0 Å². The van der Waals surface area contributed by atoms with E-state index in [-0.39, 0.29) is 0 Å². The molecule has 3 N–H and O–H groups in total. The zero-order valence-electron chi connectivity index (χ0n) is 10.2. The number of aryl methyl sites for hydroxylation is 1. The summed E-state index contributed by atoms with van der Waals surface area (Å²) in [4.78, 5) is 9.52. The molecule has 0 amide bonds. The zero-order chi connectivity index (χ0) is 13.8. The molecule has 7 heteroatoms. The number of hydrogen-bond donors (Lipinski definition) is 2. The number of halogens is 2. The van der Waals surface area contributed by atoms with Crippen LogP contribution in [0.3, 0.4) is 0 Å². The van der Waals surface area contributed by atoms with Gasteiger partial charge in [-0.1, -0.05) is 23.2 Å². The lowest BCUT2D eigenvalue weighted by atomic mass is 10.4. The van der Waals surface area contributed by atoms with E-state index in [2.05, 4.69) is 15.4 Å². The van der Waals surface area contributed by atoms with Gasteiger partial charge in [-0.2, -0.15) is 0 Å². The van der Waals surface area contributed by atoms with Crippen LogP contribution in [0.25, 0.3) is 0 Å². The van der Waals surface area contributed by atoms with E-state index in [4.69, 9.17) is 29.0 Å². The highest BCUT2D eigenvalue weighted by atomic mass is 35.5. The van der Waals surface area contributed by atoms with E-state index in [1.165, 1.54) is 11.8 Å². The summed E-state index contributed by atoms with van der Waals surface area (Å²) >= 11 is 13.6. The number of hydrazine groups is 1. The third kappa shape index (κ3) is 3.98. The molecule has 19 heavy (non-hydrogen) atoms. The summed E-state index contributed by atoms with van der Waals surface area (Å²) in [6.45, 7) is 1.89. The van der Waals surface area contributed by atoms with Crippen LogP contribution < -0.4 is 11.3 Å². The number of thioether (sulfide) groups is 1. The number of nitrogens with two attached hydrogens (primary N) is 1. The van der Waals surface area contributed by atoms with Crippen molar-refractivity contribution in [3.63, 3.8) is 0 Å². The van der Waals surface area contributed by atoms with Crippen molar-refractivity contribution in [1.29, 1.82) is 0 Å². The quantitative estimate of drug-likeness (QED) is 0.512. The summed E-state index contributed by atoms with van der Waals surface area (Å²) in [7, 11) is 0. The minimum atomic E-state index is 0.594. The summed E-state index contributed by atoms with van der Waals surface area (Å²) in [6, 6.07) is 7.14. The maximum absolute atomic E-state index is 6.10. The van der Waals surface area contributed by atoms with Gasteiger partial charge < -0.3 is 5.43 Å². The van der Waals surface area contributed by atoms with E-state index in [1.807, 2.05) is 13.0 Å². The largest absolute Gasteiger partial charge is 0.308 e. The molecule has 0 radical (unpaired) electrons. The minimum absolute atomic E-state index is 0.594. The Hall–Kier alpha value is -1.01. The van der Waals surface area contributed by atoms with Crippen LogP contribution in [-0.4, -0.2) is 9.97 Å². The molecule has 2 rings (SSSR count). The van der Waals surface area contributed by atoms with Crippen LogP contribution in [0.2, 0.25) is 10.0 Å². The molecule has 0 aliphatic rings. The molecule has 0 spiro atoms. The van der Waals surface area contributed by atoms with Gasteiger partial charge in [0.1, 0.15) is 11.6 Å². The molecular formula is C12H12Cl2N4S. The summed E-state index contributed by atoms with van der Waals surface area (Å²) in [5.41, 5.74) is 3.38. The van der Waals surface area contributed by atoms with Crippen molar-refractivity contribution < 1.29 is 0 Å². The van der Waals surface area contributed by atoms with E-state index >= 15 is 0 Å². The molecule has 1 heterocycles. The second-order valence-electron chi connectivity index (χ2n) is 3.82. The summed E-state index contributed by atoms with van der Waals surface area (Å²) in [5.74, 6) is 7.23. The Morgan fingerprint density at radius 3 is 2.79 bits per heavy atom. The Bertz CT molecular complexity index is 592. The van der Waals surface area contributed by atoms with E-state index < -0.39 is 0 Å². The average Bonchev–Trinajstić information content (AvgIpc) is 2.39. The van der Waals surface area contributed by atoms with E-state index in [0.717, 1.165) is 10.6 Å². The number of hydrogen-bond acceptors (Lipinski definition) is 5. The summed E-state index contributed by atoms with van der Waals surface area (Å²) in [6.07, 6.45) is 0. The molecule has 4 nitrogen and oxygen atoms in total. The van der Waals surface area contributed by atoms with Crippen molar-refractivity contribution in [3.05, 3.63) is 45.8 Å². The summed E-state index contributed by atoms with van der Waals surface area (Å²) < 4.78 is 0. The third-order valence-electron chi connectivity index (χ3n) is 2.30. The fraction of sp³-hybridized carbons (Fsp3) is 0.167. The molecule has 0 aliphatic heterocycles. The minimum Gasteiger partial charge on any atom is -0.308 e. The Morgan fingerprint density at radius 2 is 2.05 bits per heavy atom. The molecule has 100 valence electrons. The maximum atomic E-state index is 6.10. The topological polar surface area (TPSA) is 63.8 Å². The van der Waals surface area contributed by atoms with Crippen molar-refractivity contribution in [1.82, 2.24) is 9.97 Å². The monoisotopic (exact) mass is 314 g/mol. The fourth-order valence-electron chi connectivity index (χ4n) is 1.50. The number of nitrogen functional groups attached to an aromatic ring is 1. The first kappa shape index (κ1) is 14.4. The van der Waals surface area contributed by atoms with Crippen molar-refractivity contribution in [3.8, 4) is 0 Å². The third-order valence-corrected chi connectivity index (χ3v) is 4.03. The molecule has 2 aromatic rings. The first-order valence-electron chi connectivity index (χ1n) is 5.47. The van der Waals surface area contributed by atoms with Gasteiger partial charge in [-0.05, 0) is 25.1 Å². The number of rotatable bonds is 4. The normalized spacial score (nSPS) is 10.5. The molecule has 0 saturated heterocycles. The van der Waals surface area contributed by atoms with Crippen LogP contribution in [0.1, 0.15) is 11.5 Å². The lowest BCUT2D eigenvalue weighted by Gasteiger charge is -2.06. The smallest absolute Gasteiger partial charge is 0.143 e. The number of nitrogens with zero attached hydrogens (tertiary/aromatic N) is 2. The number of anilines is 1. The van der Waals surface area contributed by atoms with Gasteiger partial charge in [-0.25, -0.2) is 15.8 Å². The number of benzene rings is 1. The Kier molecular flexibility index (Phi) is 4.87. The van der Waals surface area contributed by atoms with Gasteiger partial charge in [0.2, 0.25) is 0 Å². The highest BCUT2D eigenvalue weighted by Gasteiger charge is 2.06. The van der Waals surface area contributed by atoms with Crippen LogP contribution >= 0.6 is 35.0 Å². The van der Waals surface area contributed by atoms with Crippen LogP contribution in [0, 0.1) is 6.92 Å². The van der Waals surface area contributed by atoms with Gasteiger partial charge in [-0.3, -0.25) is 0 Å². The Labute approximate surface area is 125 Å². The fourth-order valence-corrected chi connectivity index (χ4v) is 2.85. The second-order valence-corrected chi connectivity index (χ2v) is 5.68. The molecule has 0 unspecified atom stereocenters. The molecule has 0 saturated carbocycles. The maximum Gasteiger partial charge on any atom is 0.143 e. The van der Waals surface area contributed by atoms with E-state index in [1.54, 1.807) is 18.2 Å². The Morgan fingerprint density at radius 1 is 1.26 bits per heavy atom. The van der Waals surface area contributed by atoms with Crippen molar-refractivity contribution in [2.75, 3.05) is 5.43 Å². The number of aromatic nitrogens is 2. The van der Waals surface area contributed by atoms with Crippen LogP contribution in [0.15, 0.2) is 29.2 Å². The summed E-state index contributed by atoms with van der Waals surface area (Å²) in [5, 5.41) is 1.32. The molecular weight excluding hydrogens is 303 g/mol. The molecule has 1 aromatic heterocycles. The lowest BCUT2D eigenvalue weighted by molar-refractivity contribution is 0.990. The van der Waals surface area contributed by atoms with Gasteiger partial charge in [-0.15, -0.1) is 11.8 Å². The van der Waals surface area contributed by atoms with Crippen LogP contribution in [-0.2, 0) is 5.75 Å². The predicted octanol–water partition coefficient (Wildman–Crippen LogP) is 3.67. The van der Waals surface area contributed by atoms with Crippen molar-refractivity contribution in [2.45, 2.75) is 17.6 Å². The van der Waals surface area contributed by atoms with E-state index in [0.29, 0.717) is 27.4 Å². The zero-order valence-corrected chi connectivity index (χ0v) is 12.5. The van der Waals surface area contributed by atoms with Crippen LogP contribution in [0.4, 0.5) is 5.82 Å². The highest BCUT2D eigenvalue weighted by Crippen LogP contribution is 2.31. The SMILES string of the molecule is Cc1cc(NN)nc(CSc2cc(Cl)ccc2Cl)n1. The highest BCUT2D eigenvalue weighted by molar-refractivity contribution is 7.98. The van der Waals surface area contributed by atoms with Gasteiger partial charge in [0.15, 0.2) is 0 Å².